The minimum absolute atomic E-state index is 0.293. The standard InChI is InChI=1S/C35H45N9O4/c1-5-8-16-36-27-19-28(37-17-9-18-44(6-2)7-3)21-29(20-27)39-33(46)24-10-12-25(13-11-24)42-43-32(23(4)45)34(47)38-26-14-15-30-31(22-26)41-35(48)40-30/h10-15,19-22,32,36-37H,5-9,16-18H2,1-4H3,(H,38,47)(H,39,46)(H2,40,41,48)/b43-42+. The van der Waals surface area contributed by atoms with Gasteiger partial charge in [0.25, 0.3) is 11.8 Å². The molecule has 48 heavy (non-hydrogen) atoms. The molecule has 0 radical (unpaired) electrons. The highest BCUT2D eigenvalue weighted by atomic mass is 16.2. The fourth-order valence-corrected chi connectivity index (χ4v) is 5.04. The first-order valence-electron chi connectivity index (χ1n) is 16.4. The Bertz CT molecular complexity index is 1770. The molecular formula is C35H45N9O4. The van der Waals surface area contributed by atoms with Crippen molar-refractivity contribution in [3.05, 3.63) is 76.7 Å². The number of ketones is 1. The number of unbranched alkanes of at least 4 members (excludes halogenated alkanes) is 1. The number of carbonyl (C=O) groups is 3. The number of azo groups is 1. The van der Waals surface area contributed by atoms with E-state index < -0.39 is 17.7 Å². The Kier molecular flexibility index (Phi) is 13.0. The number of nitrogens with one attached hydrogen (secondary N) is 6. The van der Waals surface area contributed by atoms with Gasteiger partial charge in [-0.15, -0.1) is 0 Å². The molecule has 0 bridgehead atoms. The van der Waals surface area contributed by atoms with Crippen LogP contribution in [0, 0.1) is 0 Å². The smallest absolute Gasteiger partial charge is 0.323 e. The van der Waals surface area contributed by atoms with Crippen LogP contribution in [0.1, 0.15) is 57.3 Å². The number of amides is 2. The summed E-state index contributed by atoms with van der Waals surface area (Å²) in [5.74, 6) is -1.45. The van der Waals surface area contributed by atoms with Crippen LogP contribution < -0.4 is 27.0 Å². The highest BCUT2D eigenvalue weighted by Gasteiger charge is 2.23. The Morgan fingerprint density at radius 2 is 1.42 bits per heavy atom. The van der Waals surface area contributed by atoms with E-state index in [1.807, 2.05) is 12.1 Å². The maximum absolute atomic E-state index is 13.2. The fraction of sp³-hybridized carbons (Fsp3) is 0.371. The number of aromatic amines is 2. The lowest BCUT2D eigenvalue weighted by atomic mass is 10.1. The molecule has 1 unspecified atom stereocenters. The summed E-state index contributed by atoms with van der Waals surface area (Å²) in [6, 6.07) is 15.7. The summed E-state index contributed by atoms with van der Waals surface area (Å²) in [7, 11) is 0. The molecule has 6 N–H and O–H groups in total. The van der Waals surface area contributed by atoms with Gasteiger partial charge in [0.05, 0.1) is 16.7 Å². The van der Waals surface area contributed by atoms with E-state index in [9.17, 15) is 19.2 Å². The van der Waals surface area contributed by atoms with Crippen molar-refractivity contribution in [1.29, 1.82) is 0 Å². The van der Waals surface area contributed by atoms with E-state index in [2.05, 4.69) is 73.2 Å². The predicted octanol–water partition coefficient (Wildman–Crippen LogP) is 6.14. The molecule has 4 rings (SSSR count). The summed E-state index contributed by atoms with van der Waals surface area (Å²) in [6.07, 6.45) is 3.12. The normalized spacial score (nSPS) is 11.9. The molecule has 4 aromatic rings. The average molecular weight is 656 g/mol. The first kappa shape index (κ1) is 35.6. The van der Waals surface area contributed by atoms with Gasteiger partial charge >= 0.3 is 5.69 Å². The molecule has 0 saturated carbocycles. The third-order valence-electron chi connectivity index (χ3n) is 7.76. The number of anilines is 4. The average Bonchev–Trinajstić information content (AvgIpc) is 3.44. The van der Waals surface area contributed by atoms with Gasteiger partial charge < -0.3 is 36.1 Å². The van der Waals surface area contributed by atoms with Crippen LogP contribution in [-0.2, 0) is 9.59 Å². The van der Waals surface area contributed by atoms with Crippen LogP contribution >= 0.6 is 0 Å². The van der Waals surface area contributed by atoms with Gasteiger partial charge in [0.2, 0.25) is 6.04 Å². The quantitative estimate of drug-likeness (QED) is 0.0423. The number of Topliss-reactive ketones (excluding diaryl/α,β-unsaturated/α-hetero) is 1. The first-order chi connectivity index (χ1) is 23.2. The summed E-state index contributed by atoms with van der Waals surface area (Å²) < 4.78 is 0. The molecule has 0 aliphatic rings. The molecule has 0 saturated heterocycles. The van der Waals surface area contributed by atoms with Crippen LogP contribution in [0.3, 0.4) is 0 Å². The van der Waals surface area contributed by atoms with Gasteiger partial charge in [-0.1, -0.05) is 27.2 Å². The Balaban J connectivity index is 1.39. The number of aromatic nitrogens is 2. The molecule has 1 heterocycles. The van der Waals surface area contributed by atoms with E-state index in [-0.39, 0.29) is 11.6 Å². The largest absolute Gasteiger partial charge is 0.385 e. The monoisotopic (exact) mass is 655 g/mol. The van der Waals surface area contributed by atoms with Crippen molar-refractivity contribution in [1.82, 2.24) is 14.9 Å². The van der Waals surface area contributed by atoms with E-state index in [1.54, 1.807) is 42.5 Å². The summed E-state index contributed by atoms with van der Waals surface area (Å²) >= 11 is 0. The highest BCUT2D eigenvalue weighted by molar-refractivity contribution is 6.10. The van der Waals surface area contributed by atoms with Crippen LogP contribution in [-0.4, -0.2) is 71.2 Å². The molecule has 0 spiro atoms. The van der Waals surface area contributed by atoms with Gasteiger partial charge in [0.15, 0.2) is 5.78 Å². The third-order valence-corrected chi connectivity index (χ3v) is 7.76. The second-order valence-electron chi connectivity index (χ2n) is 11.4. The van der Waals surface area contributed by atoms with Crippen LogP contribution in [0.15, 0.2) is 75.7 Å². The van der Waals surface area contributed by atoms with Gasteiger partial charge in [-0.2, -0.15) is 10.2 Å². The van der Waals surface area contributed by atoms with Crippen LogP contribution in [0.5, 0.6) is 0 Å². The van der Waals surface area contributed by atoms with Gasteiger partial charge in [0, 0.05) is 41.4 Å². The van der Waals surface area contributed by atoms with E-state index in [0.717, 1.165) is 63.4 Å². The number of carbonyl (C=O) groups excluding carboxylic acids is 3. The topological polar surface area (TPSA) is 176 Å². The van der Waals surface area contributed by atoms with Crippen molar-refractivity contribution in [2.24, 2.45) is 10.2 Å². The summed E-state index contributed by atoms with van der Waals surface area (Å²) in [5, 5.41) is 20.6. The maximum Gasteiger partial charge on any atom is 0.323 e. The van der Waals surface area contributed by atoms with E-state index >= 15 is 0 Å². The molecule has 13 heteroatoms. The number of hydrogen-bond donors (Lipinski definition) is 6. The van der Waals surface area contributed by atoms with Crippen molar-refractivity contribution < 1.29 is 14.4 Å². The minimum Gasteiger partial charge on any atom is -0.385 e. The second-order valence-corrected chi connectivity index (χ2v) is 11.4. The zero-order chi connectivity index (χ0) is 34.5. The summed E-state index contributed by atoms with van der Waals surface area (Å²) in [5.41, 5.74) is 4.41. The van der Waals surface area contributed by atoms with Crippen LogP contribution in [0.2, 0.25) is 0 Å². The van der Waals surface area contributed by atoms with Gasteiger partial charge in [-0.25, -0.2) is 4.79 Å². The number of fused-ring (bicyclic) bond motifs is 1. The first-order valence-corrected chi connectivity index (χ1v) is 16.4. The predicted molar refractivity (Wildman–Crippen MR) is 192 cm³/mol. The van der Waals surface area contributed by atoms with Crippen molar-refractivity contribution in [3.63, 3.8) is 0 Å². The Hall–Kier alpha value is -5.30. The summed E-state index contributed by atoms with van der Waals surface area (Å²) in [6.45, 7) is 12.5. The molecule has 1 atom stereocenters. The van der Waals surface area contributed by atoms with Crippen molar-refractivity contribution >= 4 is 57.1 Å². The number of nitrogens with zero attached hydrogens (tertiary/aromatic N) is 3. The Labute approximate surface area is 280 Å². The highest BCUT2D eigenvalue weighted by Crippen LogP contribution is 2.24. The number of benzene rings is 3. The lowest BCUT2D eigenvalue weighted by molar-refractivity contribution is -0.126. The number of imidazole rings is 1. The van der Waals surface area contributed by atoms with Crippen molar-refractivity contribution in [2.75, 3.05) is 54.0 Å². The molecule has 3 aromatic carbocycles. The molecule has 254 valence electrons. The van der Waals surface area contributed by atoms with E-state index in [0.29, 0.717) is 33.7 Å². The zero-order valence-electron chi connectivity index (χ0n) is 28.0. The van der Waals surface area contributed by atoms with Crippen molar-refractivity contribution in [3.8, 4) is 0 Å². The molecule has 0 aliphatic heterocycles. The Morgan fingerprint density at radius 1 is 0.771 bits per heavy atom. The Morgan fingerprint density at radius 3 is 2.06 bits per heavy atom. The lowest BCUT2D eigenvalue weighted by Crippen LogP contribution is -2.31. The van der Waals surface area contributed by atoms with Crippen LogP contribution in [0.4, 0.5) is 28.4 Å². The van der Waals surface area contributed by atoms with Gasteiger partial charge in [-0.3, -0.25) is 14.4 Å². The SMILES string of the molecule is CCCCNc1cc(NCCCN(CC)CC)cc(NC(=O)c2ccc(/N=N/C(C(C)=O)C(=O)Nc3ccc4[nH]c(=O)[nH]c4c3)cc2)c1. The molecule has 0 aliphatic carbocycles. The van der Waals surface area contributed by atoms with E-state index in [4.69, 9.17) is 0 Å². The van der Waals surface area contributed by atoms with Gasteiger partial charge in [0.1, 0.15) is 0 Å². The third kappa shape index (κ3) is 10.4. The molecule has 2 amide bonds. The maximum atomic E-state index is 13.2. The second kappa shape index (κ2) is 17.6. The molecule has 13 nitrogen and oxygen atoms in total. The lowest BCUT2D eigenvalue weighted by Gasteiger charge is -2.18. The van der Waals surface area contributed by atoms with Crippen molar-refractivity contribution in [2.45, 2.75) is 53.0 Å². The fourth-order valence-electron chi connectivity index (χ4n) is 5.04. The molecular weight excluding hydrogens is 610 g/mol. The van der Waals surface area contributed by atoms with Crippen LogP contribution in [0.25, 0.3) is 11.0 Å². The van der Waals surface area contributed by atoms with Gasteiger partial charge in [-0.05, 0) is 100 Å². The molecule has 0 fully saturated rings. The minimum atomic E-state index is -1.38. The summed E-state index contributed by atoms with van der Waals surface area (Å²) in [4.78, 5) is 57.4. The van der Waals surface area contributed by atoms with E-state index in [1.165, 1.54) is 6.92 Å². The molecule has 1 aromatic heterocycles. The number of H-pyrrole nitrogens is 2. The number of rotatable bonds is 18. The zero-order valence-corrected chi connectivity index (χ0v) is 28.0. The number of hydrogen-bond acceptors (Lipinski definition) is 9.